The van der Waals surface area contributed by atoms with Gasteiger partial charge in [-0.1, -0.05) is 53.0 Å². The summed E-state index contributed by atoms with van der Waals surface area (Å²) >= 11 is 12.5. The number of aryl methyl sites for hydroxylation is 1. The fraction of sp³-hybridized carbons (Fsp3) is 0.286. The maximum Gasteiger partial charge on any atom is 0.264 e. The van der Waals surface area contributed by atoms with E-state index in [-0.39, 0.29) is 28.1 Å². The molecule has 0 aliphatic heterocycles. The van der Waals surface area contributed by atoms with Gasteiger partial charge in [0.2, 0.25) is 11.8 Å². The fourth-order valence-electron chi connectivity index (χ4n) is 3.91. The molecule has 1 N–H and O–H groups in total. The lowest BCUT2D eigenvalue weighted by Crippen LogP contribution is -2.51. The average Bonchev–Trinajstić information content (AvgIpc) is 2.90. The SMILES string of the molecule is CCNC(=O)[C@H](C)N(Cc1cccc(Cl)c1)C(=O)CN(c1ccc(OC)c(Cl)c1)S(=O)(=O)c1ccc(C)cc1. The molecule has 3 aromatic carbocycles. The number of nitrogens with one attached hydrogen (secondary N) is 1. The van der Waals surface area contributed by atoms with Crippen LogP contribution in [0.25, 0.3) is 0 Å². The van der Waals surface area contributed by atoms with Gasteiger partial charge in [0.25, 0.3) is 10.0 Å². The zero-order valence-corrected chi connectivity index (χ0v) is 24.5. The zero-order valence-electron chi connectivity index (χ0n) is 22.1. The van der Waals surface area contributed by atoms with E-state index in [1.54, 1.807) is 50.2 Å². The second kappa shape index (κ2) is 13.2. The third kappa shape index (κ3) is 7.44. The molecule has 0 saturated carbocycles. The summed E-state index contributed by atoms with van der Waals surface area (Å²) < 4.78 is 33.9. The topological polar surface area (TPSA) is 96.0 Å². The Bertz CT molecular complexity index is 1430. The number of hydrogen-bond acceptors (Lipinski definition) is 5. The Labute approximate surface area is 239 Å². The number of methoxy groups -OCH3 is 1. The normalized spacial score (nSPS) is 11.9. The summed E-state index contributed by atoms with van der Waals surface area (Å²) in [5, 5.41) is 3.38. The number of carbonyl (C=O) groups excluding carboxylic acids is 2. The van der Waals surface area contributed by atoms with E-state index >= 15 is 0 Å². The summed E-state index contributed by atoms with van der Waals surface area (Å²) in [4.78, 5) is 28.0. The van der Waals surface area contributed by atoms with Gasteiger partial charge >= 0.3 is 0 Å². The van der Waals surface area contributed by atoms with Gasteiger partial charge < -0.3 is 15.0 Å². The molecule has 11 heteroatoms. The van der Waals surface area contributed by atoms with Gasteiger partial charge in [-0.2, -0.15) is 0 Å². The summed E-state index contributed by atoms with van der Waals surface area (Å²) in [7, 11) is -2.76. The monoisotopic (exact) mass is 591 g/mol. The first-order chi connectivity index (χ1) is 18.5. The van der Waals surface area contributed by atoms with Crippen molar-refractivity contribution in [2.45, 2.75) is 38.3 Å². The van der Waals surface area contributed by atoms with E-state index in [1.807, 2.05) is 6.92 Å². The predicted molar refractivity (Wildman–Crippen MR) is 154 cm³/mol. The van der Waals surface area contributed by atoms with Crippen molar-refractivity contribution < 1.29 is 22.7 Å². The summed E-state index contributed by atoms with van der Waals surface area (Å²) in [6.45, 7) is 5.05. The molecule has 0 aliphatic carbocycles. The van der Waals surface area contributed by atoms with Crippen molar-refractivity contribution >= 4 is 50.7 Å². The number of halogens is 2. The third-order valence-corrected chi connectivity index (χ3v) is 8.39. The summed E-state index contributed by atoms with van der Waals surface area (Å²) in [6.07, 6.45) is 0. The number of anilines is 1. The molecule has 0 unspecified atom stereocenters. The van der Waals surface area contributed by atoms with Crippen molar-refractivity contribution in [1.82, 2.24) is 10.2 Å². The van der Waals surface area contributed by atoms with Crippen LogP contribution in [0.3, 0.4) is 0 Å². The highest BCUT2D eigenvalue weighted by molar-refractivity contribution is 7.92. The highest BCUT2D eigenvalue weighted by Crippen LogP contribution is 2.32. The van der Waals surface area contributed by atoms with E-state index in [4.69, 9.17) is 27.9 Å². The molecular formula is C28H31Cl2N3O5S. The van der Waals surface area contributed by atoms with Crippen LogP contribution < -0.4 is 14.4 Å². The van der Waals surface area contributed by atoms with Gasteiger partial charge in [0.15, 0.2) is 0 Å². The minimum atomic E-state index is -4.21. The molecule has 0 radical (unpaired) electrons. The number of sulfonamides is 1. The van der Waals surface area contributed by atoms with Gasteiger partial charge in [-0.3, -0.25) is 13.9 Å². The second-order valence-electron chi connectivity index (χ2n) is 8.87. The quantitative estimate of drug-likeness (QED) is 0.336. The van der Waals surface area contributed by atoms with Crippen LogP contribution in [-0.2, 0) is 26.2 Å². The van der Waals surface area contributed by atoms with Crippen molar-refractivity contribution in [3.05, 3.63) is 87.9 Å². The molecule has 1 atom stereocenters. The molecule has 0 aromatic heterocycles. The maximum absolute atomic E-state index is 13.9. The fourth-order valence-corrected chi connectivity index (χ4v) is 5.78. The average molecular weight is 593 g/mol. The largest absolute Gasteiger partial charge is 0.495 e. The molecule has 0 spiro atoms. The first kappa shape index (κ1) is 30.3. The van der Waals surface area contributed by atoms with Crippen molar-refractivity contribution in [3.8, 4) is 5.75 Å². The lowest BCUT2D eigenvalue weighted by atomic mass is 10.1. The van der Waals surface area contributed by atoms with Gasteiger partial charge in [-0.15, -0.1) is 0 Å². The number of rotatable bonds is 11. The van der Waals surface area contributed by atoms with Gasteiger partial charge in [-0.05, 0) is 68.8 Å². The summed E-state index contributed by atoms with van der Waals surface area (Å²) in [6, 6.07) is 16.8. The molecule has 0 aliphatic rings. The number of benzene rings is 3. The van der Waals surface area contributed by atoms with Gasteiger partial charge in [0, 0.05) is 18.1 Å². The van der Waals surface area contributed by atoms with Gasteiger partial charge in [0.05, 0.1) is 22.7 Å². The number of hydrogen-bond donors (Lipinski definition) is 1. The van der Waals surface area contributed by atoms with Gasteiger partial charge in [-0.25, -0.2) is 8.42 Å². The first-order valence-corrected chi connectivity index (χ1v) is 14.4. The van der Waals surface area contributed by atoms with E-state index < -0.39 is 28.5 Å². The third-order valence-electron chi connectivity index (χ3n) is 6.07. The smallest absolute Gasteiger partial charge is 0.264 e. The second-order valence-corrected chi connectivity index (χ2v) is 11.6. The Hall–Kier alpha value is -3.27. The molecule has 3 aromatic rings. The minimum absolute atomic E-state index is 0.00556. The molecule has 0 heterocycles. The molecule has 208 valence electrons. The van der Waals surface area contributed by atoms with Crippen molar-refractivity contribution in [2.24, 2.45) is 0 Å². The Morgan fingerprint density at radius 1 is 1.03 bits per heavy atom. The van der Waals surface area contributed by atoms with Crippen molar-refractivity contribution in [2.75, 3.05) is 24.5 Å². The lowest BCUT2D eigenvalue weighted by molar-refractivity contribution is -0.139. The van der Waals surface area contributed by atoms with Crippen molar-refractivity contribution in [3.63, 3.8) is 0 Å². The number of amides is 2. The van der Waals surface area contributed by atoms with E-state index in [1.165, 1.54) is 42.3 Å². The molecule has 2 amide bonds. The van der Waals surface area contributed by atoms with Crippen LogP contribution in [0.5, 0.6) is 5.75 Å². The molecular weight excluding hydrogens is 561 g/mol. The first-order valence-electron chi connectivity index (χ1n) is 12.2. The maximum atomic E-state index is 13.9. The lowest BCUT2D eigenvalue weighted by Gasteiger charge is -2.32. The molecule has 3 rings (SSSR count). The zero-order chi connectivity index (χ0) is 28.7. The summed E-state index contributed by atoms with van der Waals surface area (Å²) in [5.74, 6) is -0.600. The van der Waals surface area contributed by atoms with Gasteiger partial charge in [0.1, 0.15) is 18.3 Å². The van der Waals surface area contributed by atoms with Crippen LogP contribution in [0.2, 0.25) is 10.0 Å². The standard InChI is InChI=1S/C28H31Cl2N3O5S/c1-5-31-28(35)20(3)32(17-21-7-6-8-22(29)15-21)27(34)18-33(23-11-14-26(38-4)25(30)16-23)39(36,37)24-12-9-19(2)10-13-24/h6-16,20H,5,17-18H2,1-4H3,(H,31,35)/t20-/m0/s1. The molecule has 0 bridgehead atoms. The van der Waals surface area contributed by atoms with Crippen LogP contribution in [0.1, 0.15) is 25.0 Å². The number of ether oxygens (including phenoxy) is 1. The number of carbonyl (C=O) groups is 2. The minimum Gasteiger partial charge on any atom is -0.495 e. The Morgan fingerprint density at radius 2 is 1.72 bits per heavy atom. The molecule has 0 saturated heterocycles. The van der Waals surface area contributed by atoms with Crippen LogP contribution in [-0.4, -0.2) is 51.4 Å². The van der Waals surface area contributed by atoms with Crippen LogP contribution in [0, 0.1) is 6.92 Å². The highest BCUT2D eigenvalue weighted by atomic mass is 35.5. The van der Waals surface area contributed by atoms with Crippen LogP contribution in [0.4, 0.5) is 5.69 Å². The highest BCUT2D eigenvalue weighted by Gasteiger charge is 2.32. The number of nitrogens with zero attached hydrogens (tertiary/aromatic N) is 2. The predicted octanol–water partition coefficient (Wildman–Crippen LogP) is 5.06. The molecule has 8 nitrogen and oxygen atoms in total. The van der Waals surface area contributed by atoms with Crippen LogP contribution >= 0.6 is 23.2 Å². The Balaban J connectivity index is 2.07. The van der Waals surface area contributed by atoms with E-state index in [9.17, 15) is 18.0 Å². The molecule has 39 heavy (non-hydrogen) atoms. The van der Waals surface area contributed by atoms with Crippen LogP contribution in [0.15, 0.2) is 71.6 Å². The van der Waals surface area contributed by atoms with Crippen molar-refractivity contribution in [1.29, 1.82) is 0 Å². The molecule has 0 fully saturated rings. The summed E-state index contributed by atoms with van der Waals surface area (Å²) in [5.41, 5.74) is 1.74. The van der Waals surface area contributed by atoms with E-state index in [0.717, 1.165) is 9.87 Å². The van der Waals surface area contributed by atoms with E-state index in [2.05, 4.69) is 5.32 Å². The Kier molecular flexibility index (Phi) is 10.2. The van der Waals surface area contributed by atoms with E-state index in [0.29, 0.717) is 22.9 Å². The Morgan fingerprint density at radius 3 is 2.31 bits per heavy atom. The number of likely N-dealkylation sites (N-methyl/N-ethyl adjacent to an activating group) is 1.